The standard InChI is InChI=1S/C11H14BrN3O4/c1-4-11(3,10(16)17)14-9-8(12)6(2)7(5-13-9)15(18)19/h5H,4H2,1-3H3,(H,13,14)(H,16,17). The fourth-order valence-electron chi connectivity index (χ4n) is 1.39. The van der Waals surface area contributed by atoms with Gasteiger partial charge in [0.05, 0.1) is 9.40 Å². The second kappa shape index (κ2) is 5.52. The normalized spacial score (nSPS) is 13.7. The Balaban J connectivity index is 3.21. The Morgan fingerprint density at radius 3 is 2.68 bits per heavy atom. The van der Waals surface area contributed by atoms with E-state index in [-0.39, 0.29) is 11.5 Å². The topological polar surface area (TPSA) is 105 Å². The molecule has 1 heterocycles. The van der Waals surface area contributed by atoms with E-state index in [1.54, 1.807) is 13.8 Å². The zero-order valence-electron chi connectivity index (χ0n) is 10.7. The van der Waals surface area contributed by atoms with Crippen LogP contribution in [0.3, 0.4) is 0 Å². The number of aliphatic carboxylic acids is 1. The van der Waals surface area contributed by atoms with Crippen molar-refractivity contribution in [3.8, 4) is 0 Å². The summed E-state index contributed by atoms with van der Waals surface area (Å²) in [6.07, 6.45) is 1.45. The minimum absolute atomic E-state index is 0.119. The number of nitrogens with zero attached hydrogens (tertiary/aromatic N) is 2. The molecule has 19 heavy (non-hydrogen) atoms. The van der Waals surface area contributed by atoms with Gasteiger partial charge in [0, 0.05) is 5.56 Å². The van der Waals surface area contributed by atoms with Gasteiger partial charge < -0.3 is 10.4 Å². The van der Waals surface area contributed by atoms with E-state index in [4.69, 9.17) is 0 Å². The Morgan fingerprint density at radius 1 is 1.68 bits per heavy atom. The van der Waals surface area contributed by atoms with Crippen LogP contribution in [0.1, 0.15) is 25.8 Å². The number of rotatable bonds is 5. The summed E-state index contributed by atoms with van der Waals surface area (Å²) in [4.78, 5) is 25.4. The number of nitro groups is 1. The molecule has 0 spiro atoms. The highest BCUT2D eigenvalue weighted by molar-refractivity contribution is 9.10. The molecule has 0 radical (unpaired) electrons. The summed E-state index contributed by atoms with van der Waals surface area (Å²) < 4.78 is 0.391. The monoisotopic (exact) mass is 331 g/mol. The maximum atomic E-state index is 11.2. The van der Waals surface area contributed by atoms with Gasteiger partial charge >= 0.3 is 5.97 Å². The van der Waals surface area contributed by atoms with Crippen LogP contribution in [-0.2, 0) is 4.79 Å². The minimum Gasteiger partial charge on any atom is -0.480 e. The molecule has 0 bridgehead atoms. The average Bonchev–Trinajstić information content (AvgIpc) is 2.34. The molecule has 0 aliphatic rings. The molecule has 1 aromatic heterocycles. The molecule has 0 aliphatic carbocycles. The van der Waals surface area contributed by atoms with E-state index in [1.165, 1.54) is 6.92 Å². The van der Waals surface area contributed by atoms with Crippen LogP contribution >= 0.6 is 15.9 Å². The summed E-state index contributed by atoms with van der Waals surface area (Å²) >= 11 is 3.21. The summed E-state index contributed by atoms with van der Waals surface area (Å²) in [5.41, 5.74) is -0.907. The number of aromatic nitrogens is 1. The number of carboxylic acid groups (broad SMARTS) is 1. The maximum Gasteiger partial charge on any atom is 0.329 e. The van der Waals surface area contributed by atoms with Gasteiger partial charge in [-0.1, -0.05) is 6.92 Å². The third-order valence-corrected chi connectivity index (χ3v) is 3.98. The summed E-state index contributed by atoms with van der Waals surface area (Å²) in [5, 5.41) is 22.7. The summed E-state index contributed by atoms with van der Waals surface area (Å²) in [6.45, 7) is 4.83. The van der Waals surface area contributed by atoms with Gasteiger partial charge in [-0.15, -0.1) is 0 Å². The van der Waals surface area contributed by atoms with E-state index >= 15 is 0 Å². The van der Waals surface area contributed by atoms with Gasteiger partial charge in [0.15, 0.2) is 0 Å². The van der Waals surface area contributed by atoms with Gasteiger partial charge in [0.1, 0.15) is 17.6 Å². The van der Waals surface area contributed by atoms with Gasteiger partial charge in [-0.3, -0.25) is 10.1 Å². The molecule has 0 aliphatic heterocycles. The van der Waals surface area contributed by atoms with Crippen LogP contribution in [0.5, 0.6) is 0 Å². The third-order valence-electron chi connectivity index (χ3n) is 3.01. The predicted molar refractivity (Wildman–Crippen MR) is 73.3 cm³/mol. The van der Waals surface area contributed by atoms with E-state index < -0.39 is 16.4 Å². The number of pyridine rings is 1. The molecule has 7 nitrogen and oxygen atoms in total. The van der Waals surface area contributed by atoms with Gasteiger partial charge in [-0.2, -0.15) is 0 Å². The Bertz CT molecular complexity index is 535. The number of carboxylic acids is 1. The smallest absolute Gasteiger partial charge is 0.329 e. The fraction of sp³-hybridized carbons (Fsp3) is 0.455. The van der Waals surface area contributed by atoms with Crippen molar-refractivity contribution in [2.24, 2.45) is 0 Å². The second-order valence-corrected chi connectivity index (χ2v) is 5.10. The highest BCUT2D eigenvalue weighted by atomic mass is 79.9. The van der Waals surface area contributed by atoms with Crippen molar-refractivity contribution < 1.29 is 14.8 Å². The molecule has 0 saturated carbocycles. The number of hydrogen-bond donors (Lipinski definition) is 2. The largest absolute Gasteiger partial charge is 0.480 e. The Hall–Kier alpha value is -1.70. The molecule has 8 heteroatoms. The van der Waals surface area contributed by atoms with Crippen LogP contribution in [0, 0.1) is 17.0 Å². The van der Waals surface area contributed by atoms with E-state index in [0.29, 0.717) is 16.5 Å². The number of hydrogen-bond acceptors (Lipinski definition) is 5. The van der Waals surface area contributed by atoms with Crippen molar-refractivity contribution >= 4 is 33.4 Å². The maximum absolute atomic E-state index is 11.2. The first-order valence-corrected chi connectivity index (χ1v) is 6.33. The van der Waals surface area contributed by atoms with Crippen LogP contribution in [0.25, 0.3) is 0 Å². The van der Waals surface area contributed by atoms with Crippen molar-refractivity contribution in [1.29, 1.82) is 0 Å². The van der Waals surface area contributed by atoms with Crippen LogP contribution in [-0.4, -0.2) is 26.5 Å². The lowest BCUT2D eigenvalue weighted by atomic mass is 9.99. The van der Waals surface area contributed by atoms with Crippen molar-refractivity contribution in [2.45, 2.75) is 32.7 Å². The first-order chi connectivity index (χ1) is 8.73. The summed E-state index contributed by atoms with van der Waals surface area (Å²) in [5.74, 6) is -0.741. The fourth-order valence-corrected chi connectivity index (χ4v) is 1.80. The van der Waals surface area contributed by atoms with Crippen molar-refractivity contribution in [3.63, 3.8) is 0 Å². The number of nitrogens with one attached hydrogen (secondary N) is 1. The molecule has 1 atom stereocenters. The lowest BCUT2D eigenvalue weighted by Gasteiger charge is -2.26. The van der Waals surface area contributed by atoms with Crippen LogP contribution < -0.4 is 5.32 Å². The number of anilines is 1. The number of halogens is 1. The van der Waals surface area contributed by atoms with Crippen molar-refractivity contribution in [2.75, 3.05) is 5.32 Å². The quantitative estimate of drug-likeness (QED) is 0.634. The molecule has 1 unspecified atom stereocenters. The number of carbonyl (C=O) groups is 1. The summed E-state index contributed by atoms with van der Waals surface area (Å²) in [7, 11) is 0. The molecular formula is C11H14BrN3O4. The third kappa shape index (κ3) is 3.01. The van der Waals surface area contributed by atoms with Crippen molar-refractivity contribution in [1.82, 2.24) is 4.98 Å². The molecule has 0 fully saturated rings. The van der Waals surface area contributed by atoms with Gasteiger partial charge in [0.25, 0.3) is 5.69 Å². The van der Waals surface area contributed by atoms with E-state index in [1.807, 2.05) is 0 Å². The first-order valence-electron chi connectivity index (χ1n) is 5.54. The molecule has 0 amide bonds. The van der Waals surface area contributed by atoms with Gasteiger partial charge in [-0.05, 0) is 36.2 Å². The molecule has 104 valence electrons. The van der Waals surface area contributed by atoms with Gasteiger partial charge in [0.2, 0.25) is 0 Å². The van der Waals surface area contributed by atoms with E-state index in [0.717, 1.165) is 6.20 Å². The van der Waals surface area contributed by atoms with Gasteiger partial charge in [-0.25, -0.2) is 9.78 Å². The Morgan fingerprint density at radius 2 is 2.26 bits per heavy atom. The Labute approximate surface area is 118 Å². The van der Waals surface area contributed by atoms with E-state index in [9.17, 15) is 20.0 Å². The highest BCUT2D eigenvalue weighted by Gasteiger charge is 2.32. The zero-order valence-corrected chi connectivity index (χ0v) is 12.3. The van der Waals surface area contributed by atoms with Crippen LogP contribution in [0.2, 0.25) is 0 Å². The lowest BCUT2D eigenvalue weighted by molar-refractivity contribution is -0.385. The zero-order chi connectivity index (χ0) is 14.8. The highest BCUT2D eigenvalue weighted by Crippen LogP contribution is 2.32. The molecule has 1 aromatic rings. The predicted octanol–water partition coefficient (Wildman–Crippen LogP) is 2.73. The van der Waals surface area contributed by atoms with E-state index in [2.05, 4.69) is 26.2 Å². The first kappa shape index (κ1) is 15.4. The lowest BCUT2D eigenvalue weighted by Crippen LogP contribution is -2.43. The average molecular weight is 332 g/mol. The summed E-state index contributed by atoms with van der Waals surface area (Å²) in [6, 6.07) is 0. The van der Waals surface area contributed by atoms with Crippen LogP contribution in [0.4, 0.5) is 11.5 Å². The molecule has 2 N–H and O–H groups in total. The minimum atomic E-state index is -1.18. The van der Waals surface area contributed by atoms with Crippen molar-refractivity contribution in [3.05, 3.63) is 26.3 Å². The van der Waals surface area contributed by atoms with Crippen LogP contribution in [0.15, 0.2) is 10.7 Å². The molecule has 1 rings (SSSR count). The molecule has 0 saturated heterocycles. The molecular weight excluding hydrogens is 318 g/mol. The molecule has 0 aromatic carbocycles. The SMILES string of the molecule is CCC(C)(Nc1ncc([N+](=O)[O-])c(C)c1Br)C(=O)O. The Kier molecular flexibility index (Phi) is 4.46. The second-order valence-electron chi connectivity index (χ2n) is 4.30.